The maximum atomic E-state index is 14.4. The van der Waals surface area contributed by atoms with Gasteiger partial charge >= 0.3 is 0 Å². The summed E-state index contributed by atoms with van der Waals surface area (Å²) in [5.74, 6) is 0.517. The van der Waals surface area contributed by atoms with Gasteiger partial charge in [-0.1, -0.05) is 78.3 Å². The highest BCUT2D eigenvalue weighted by Crippen LogP contribution is 2.27. The fourth-order valence-electron chi connectivity index (χ4n) is 3.46. The molecule has 5 heteroatoms. The van der Waals surface area contributed by atoms with Gasteiger partial charge in [0.15, 0.2) is 0 Å². The van der Waals surface area contributed by atoms with Crippen LogP contribution in [0.2, 0.25) is 5.02 Å². The average molecular weight is 460 g/mol. The summed E-state index contributed by atoms with van der Waals surface area (Å²) in [5.41, 5.74) is 9.94. The molecule has 32 heavy (non-hydrogen) atoms. The van der Waals surface area contributed by atoms with Crippen molar-refractivity contribution in [2.75, 3.05) is 6.54 Å². The first-order valence-corrected chi connectivity index (χ1v) is 12.1. The van der Waals surface area contributed by atoms with Crippen molar-refractivity contribution < 1.29 is 4.39 Å². The third kappa shape index (κ3) is 8.38. The minimum atomic E-state index is -0.387. The van der Waals surface area contributed by atoms with Crippen LogP contribution in [-0.2, 0) is 0 Å². The summed E-state index contributed by atoms with van der Waals surface area (Å²) in [5, 5.41) is 0.371. The molecular weight excluding hydrogens is 421 g/mol. The monoisotopic (exact) mass is 459 g/mol. The molecule has 0 fully saturated rings. The summed E-state index contributed by atoms with van der Waals surface area (Å²) in [7, 11) is 0. The largest absolute Gasteiger partial charge is 0.398 e. The number of aliphatic imine (C=N–C) groups is 1. The Morgan fingerprint density at radius 1 is 1.12 bits per heavy atom. The smallest absolute Gasteiger partial charge is 0.134 e. The summed E-state index contributed by atoms with van der Waals surface area (Å²) in [6, 6.07) is 4.83. The zero-order valence-corrected chi connectivity index (χ0v) is 21.3. The molecule has 0 unspecified atom stereocenters. The van der Waals surface area contributed by atoms with E-state index in [9.17, 15) is 4.39 Å². The van der Waals surface area contributed by atoms with Gasteiger partial charge < -0.3 is 5.73 Å². The third-order valence-corrected chi connectivity index (χ3v) is 5.29. The van der Waals surface area contributed by atoms with Gasteiger partial charge in [0.1, 0.15) is 5.82 Å². The molecule has 0 bridgehead atoms. The number of aromatic nitrogens is 1. The van der Waals surface area contributed by atoms with Gasteiger partial charge in [-0.3, -0.25) is 9.98 Å². The zero-order chi connectivity index (χ0) is 24.1. The van der Waals surface area contributed by atoms with E-state index in [0.717, 1.165) is 22.6 Å². The lowest BCUT2D eigenvalue weighted by Crippen LogP contribution is -2.12. The highest BCUT2D eigenvalue weighted by molar-refractivity contribution is 6.31. The number of rotatable bonds is 6. The van der Waals surface area contributed by atoms with Crippen molar-refractivity contribution in [3.8, 4) is 0 Å². The van der Waals surface area contributed by atoms with Crippen LogP contribution in [0.4, 0.5) is 4.39 Å². The SMILES string of the molecule is CC.CCCCCCC(C)C.Cc1cc(Cl)cc(F)c1C1=NCC=C(N)c2cnccc21. The third-order valence-electron chi connectivity index (χ3n) is 5.07. The van der Waals surface area contributed by atoms with E-state index in [2.05, 4.69) is 30.7 Å². The van der Waals surface area contributed by atoms with Gasteiger partial charge in [0.25, 0.3) is 0 Å². The molecule has 1 aliphatic heterocycles. The van der Waals surface area contributed by atoms with Crippen LogP contribution in [0.15, 0.2) is 41.7 Å². The zero-order valence-electron chi connectivity index (χ0n) is 20.5. The number of nitrogens with two attached hydrogens (primary N) is 1. The van der Waals surface area contributed by atoms with Gasteiger partial charge in [0.2, 0.25) is 0 Å². The Balaban J connectivity index is 0.000000396. The molecule has 0 spiro atoms. The first kappa shape index (κ1) is 27.8. The molecule has 0 aliphatic carbocycles. The van der Waals surface area contributed by atoms with Crippen LogP contribution in [0.25, 0.3) is 5.70 Å². The number of benzene rings is 1. The van der Waals surface area contributed by atoms with Crippen molar-refractivity contribution in [3.05, 3.63) is 69.8 Å². The molecule has 0 radical (unpaired) electrons. The van der Waals surface area contributed by atoms with E-state index in [1.165, 1.54) is 38.2 Å². The van der Waals surface area contributed by atoms with Gasteiger partial charge in [-0.15, -0.1) is 0 Å². The van der Waals surface area contributed by atoms with Crippen molar-refractivity contribution in [2.24, 2.45) is 16.6 Å². The highest BCUT2D eigenvalue weighted by Gasteiger charge is 2.20. The van der Waals surface area contributed by atoms with Crippen LogP contribution in [0, 0.1) is 18.7 Å². The van der Waals surface area contributed by atoms with Gasteiger partial charge in [-0.2, -0.15) is 0 Å². The maximum absolute atomic E-state index is 14.4. The molecule has 1 aliphatic rings. The Hall–Kier alpha value is -2.20. The number of hydrogen-bond donors (Lipinski definition) is 1. The van der Waals surface area contributed by atoms with Gasteiger partial charge in [-0.25, -0.2) is 4.39 Å². The number of hydrogen-bond acceptors (Lipinski definition) is 3. The predicted molar refractivity (Wildman–Crippen MR) is 138 cm³/mol. The maximum Gasteiger partial charge on any atom is 0.134 e. The van der Waals surface area contributed by atoms with Crippen LogP contribution < -0.4 is 5.73 Å². The van der Waals surface area contributed by atoms with Crippen LogP contribution in [-0.4, -0.2) is 17.2 Å². The number of nitrogens with zero attached hydrogens (tertiary/aromatic N) is 2. The molecule has 0 saturated carbocycles. The summed E-state index contributed by atoms with van der Waals surface area (Å²) in [6.45, 7) is 13.1. The van der Waals surface area contributed by atoms with Crippen molar-refractivity contribution in [1.82, 2.24) is 4.98 Å². The molecule has 2 N–H and O–H groups in total. The Bertz CT molecular complexity index is 881. The quantitative estimate of drug-likeness (QED) is 0.445. The van der Waals surface area contributed by atoms with Crippen LogP contribution in [0.3, 0.4) is 0 Å². The average Bonchev–Trinajstić information content (AvgIpc) is 2.92. The summed E-state index contributed by atoms with van der Waals surface area (Å²) >= 11 is 5.90. The Kier molecular flexibility index (Phi) is 12.9. The first-order chi connectivity index (χ1) is 15.3. The standard InChI is InChI=1S/C16H13ClFN3.C9H20.C2H6/c1-9-6-10(17)7-13(18)15(9)16-11-2-4-20-8-12(11)14(19)3-5-21-16;1-4-5-6-7-8-9(2)3;1-2/h2-4,6-8H,5,19H2,1H3;9H,4-8H2,1-3H3;1-2H3. The molecular formula is C27H39ClFN3. The van der Waals surface area contributed by atoms with E-state index in [1.54, 1.807) is 30.6 Å². The number of aryl methyl sites for hydroxylation is 1. The lowest BCUT2D eigenvalue weighted by Gasteiger charge is -2.13. The molecule has 1 aromatic heterocycles. The second-order valence-corrected chi connectivity index (χ2v) is 8.53. The van der Waals surface area contributed by atoms with E-state index in [1.807, 2.05) is 20.8 Å². The Labute approximate surface area is 199 Å². The summed E-state index contributed by atoms with van der Waals surface area (Å²) in [4.78, 5) is 8.57. The number of unbranched alkanes of at least 4 members (excludes halogenated alkanes) is 3. The Morgan fingerprint density at radius 3 is 2.47 bits per heavy atom. The second-order valence-electron chi connectivity index (χ2n) is 8.09. The number of pyridine rings is 1. The predicted octanol–water partition coefficient (Wildman–Crippen LogP) is 7.97. The molecule has 0 saturated heterocycles. The topological polar surface area (TPSA) is 51.3 Å². The molecule has 2 aromatic rings. The molecule has 0 amide bonds. The summed E-state index contributed by atoms with van der Waals surface area (Å²) in [6.07, 6.45) is 12.2. The van der Waals surface area contributed by atoms with Crippen molar-refractivity contribution >= 4 is 23.0 Å². The van der Waals surface area contributed by atoms with Gasteiger partial charge in [0, 0.05) is 39.8 Å². The second kappa shape index (κ2) is 14.8. The fraction of sp³-hybridized carbons (Fsp3) is 0.481. The molecule has 3 nitrogen and oxygen atoms in total. The number of fused-ring (bicyclic) bond motifs is 1. The van der Waals surface area contributed by atoms with E-state index >= 15 is 0 Å². The molecule has 2 heterocycles. The fourth-order valence-corrected chi connectivity index (χ4v) is 3.72. The first-order valence-electron chi connectivity index (χ1n) is 11.8. The molecule has 0 atom stereocenters. The van der Waals surface area contributed by atoms with E-state index in [-0.39, 0.29) is 5.82 Å². The lowest BCUT2D eigenvalue weighted by molar-refractivity contribution is 0.525. The summed E-state index contributed by atoms with van der Waals surface area (Å²) < 4.78 is 14.4. The van der Waals surface area contributed by atoms with Crippen LogP contribution in [0.5, 0.6) is 0 Å². The van der Waals surface area contributed by atoms with E-state index in [4.69, 9.17) is 17.3 Å². The molecule has 1 aromatic carbocycles. The van der Waals surface area contributed by atoms with Gasteiger partial charge in [0.05, 0.1) is 12.3 Å². The number of halogens is 2. The molecule has 176 valence electrons. The molecule has 3 rings (SSSR count). The van der Waals surface area contributed by atoms with E-state index in [0.29, 0.717) is 28.5 Å². The minimum Gasteiger partial charge on any atom is -0.398 e. The van der Waals surface area contributed by atoms with Crippen molar-refractivity contribution in [2.45, 2.75) is 73.6 Å². The van der Waals surface area contributed by atoms with Crippen LogP contribution in [0.1, 0.15) is 89.0 Å². The van der Waals surface area contributed by atoms with Crippen LogP contribution >= 0.6 is 11.6 Å². The Morgan fingerprint density at radius 2 is 1.84 bits per heavy atom. The van der Waals surface area contributed by atoms with Crippen molar-refractivity contribution in [1.29, 1.82) is 0 Å². The van der Waals surface area contributed by atoms with E-state index < -0.39 is 0 Å². The minimum absolute atomic E-state index is 0.371. The van der Waals surface area contributed by atoms with Gasteiger partial charge in [-0.05, 0) is 42.7 Å². The highest BCUT2D eigenvalue weighted by atomic mass is 35.5. The van der Waals surface area contributed by atoms with Crippen molar-refractivity contribution in [3.63, 3.8) is 0 Å². The lowest BCUT2D eigenvalue weighted by atomic mass is 9.95. The normalized spacial score (nSPS) is 12.4.